The molecule has 1 fully saturated rings. The Labute approximate surface area is 142 Å². The number of nitrogens with one attached hydrogen (secondary N) is 1. The van der Waals surface area contributed by atoms with Crippen molar-refractivity contribution in [2.24, 2.45) is 5.41 Å². The molecule has 0 bridgehead atoms. The van der Waals surface area contributed by atoms with Gasteiger partial charge in [0.2, 0.25) is 0 Å². The Bertz CT molecular complexity index is 694. The van der Waals surface area contributed by atoms with Gasteiger partial charge in [0.05, 0.1) is 12.7 Å². The zero-order valence-electron chi connectivity index (χ0n) is 13.3. The molecular weight excluding hydrogens is 327 g/mol. The van der Waals surface area contributed by atoms with Gasteiger partial charge < -0.3 is 9.05 Å². The Morgan fingerprint density at radius 3 is 2.74 bits per heavy atom. The largest absolute Gasteiger partial charge is 0.317 e. The molecule has 1 aromatic carbocycles. The van der Waals surface area contributed by atoms with Gasteiger partial charge in [0.1, 0.15) is 0 Å². The number of rotatable bonds is 4. The molecule has 1 aromatic heterocycles. The van der Waals surface area contributed by atoms with Gasteiger partial charge in [-0.1, -0.05) is 50.2 Å². The molecule has 0 aliphatic carbocycles. The summed E-state index contributed by atoms with van der Waals surface area (Å²) in [5.41, 5.74) is 2.07. The Morgan fingerprint density at radius 1 is 1.26 bits per heavy atom. The van der Waals surface area contributed by atoms with E-state index in [1.54, 1.807) is 6.20 Å². The average molecular weight is 348 g/mol. The molecule has 122 valence electrons. The lowest BCUT2D eigenvalue weighted by Crippen LogP contribution is -2.35. The van der Waals surface area contributed by atoms with Crippen LogP contribution < -0.4 is 5.09 Å². The van der Waals surface area contributed by atoms with E-state index in [-0.39, 0.29) is 11.5 Å². The summed E-state index contributed by atoms with van der Waals surface area (Å²) in [7, 11) is 0. The van der Waals surface area contributed by atoms with E-state index >= 15 is 0 Å². The number of benzene rings is 1. The Morgan fingerprint density at radius 2 is 2.04 bits per heavy atom. The molecule has 6 heteroatoms. The number of hydrogen-bond donors (Lipinski definition) is 1. The zero-order chi connectivity index (χ0) is 16.3. The highest BCUT2D eigenvalue weighted by molar-refractivity contribution is 8.09. The van der Waals surface area contributed by atoms with Gasteiger partial charge in [-0.25, -0.2) is 5.09 Å². The van der Waals surface area contributed by atoms with Crippen molar-refractivity contribution in [3.8, 4) is 0 Å². The van der Waals surface area contributed by atoms with E-state index in [2.05, 4.69) is 36.1 Å². The molecule has 0 radical (unpaired) electrons. The molecule has 1 saturated heterocycles. The maximum atomic E-state index is 6.27. The van der Waals surface area contributed by atoms with Gasteiger partial charge in [-0.3, -0.25) is 4.98 Å². The van der Waals surface area contributed by atoms with E-state index in [0.717, 1.165) is 11.1 Å². The highest BCUT2D eigenvalue weighted by atomic mass is 32.5. The summed E-state index contributed by atoms with van der Waals surface area (Å²) in [6.45, 7) is 2.93. The van der Waals surface area contributed by atoms with Crippen LogP contribution in [0.15, 0.2) is 54.9 Å². The van der Waals surface area contributed by atoms with Gasteiger partial charge >= 0.3 is 0 Å². The normalized spacial score (nSPS) is 26.8. The fourth-order valence-corrected chi connectivity index (χ4v) is 4.95. The Kier molecular flexibility index (Phi) is 4.95. The Hall–Kier alpha value is -1.10. The quantitative estimate of drug-likeness (QED) is 0.839. The topological polar surface area (TPSA) is 43.4 Å². The molecule has 4 nitrogen and oxygen atoms in total. The lowest BCUT2D eigenvalue weighted by Gasteiger charge is -2.43. The van der Waals surface area contributed by atoms with Crippen LogP contribution in [0.4, 0.5) is 0 Å². The van der Waals surface area contributed by atoms with Crippen molar-refractivity contribution in [2.45, 2.75) is 26.5 Å². The fraction of sp³-hybridized carbons (Fsp3) is 0.353. The van der Waals surface area contributed by atoms with E-state index in [4.69, 9.17) is 20.9 Å². The van der Waals surface area contributed by atoms with Crippen LogP contribution >= 0.6 is 6.64 Å². The Balaban J connectivity index is 1.75. The first kappa shape index (κ1) is 16.7. The van der Waals surface area contributed by atoms with E-state index in [1.807, 2.05) is 36.5 Å². The van der Waals surface area contributed by atoms with Crippen molar-refractivity contribution in [3.05, 3.63) is 66.0 Å². The first-order valence-electron chi connectivity index (χ1n) is 7.60. The number of hydrogen-bond acceptors (Lipinski definition) is 4. The second-order valence-electron chi connectivity index (χ2n) is 6.35. The van der Waals surface area contributed by atoms with Crippen molar-refractivity contribution in [1.82, 2.24) is 10.1 Å². The smallest absolute Gasteiger partial charge is 0.262 e. The van der Waals surface area contributed by atoms with Gasteiger partial charge in [0, 0.05) is 24.4 Å². The van der Waals surface area contributed by atoms with Crippen molar-refractivity contribution in [3.63, 3.8) is 0 Å². The van der Waals surface area contributed by atoms with E-state index in [0.29, 0.717) is 13.2 Å². The average Bonchev–Trinajstić information content (AvgIpc) is 2.58. The van der Waals surface area contributed by atoms with E-state index < -0.39 is 6.64 Å². The number of aromatic nitrogens is 1. The molecular formula is C17H21N2O2PS. The summed E-state index contributed by atoms with van der Waals surface area (Å²) in [5, 5.41) is 3.29. The van der Waals surface area contributed by atoms with Crippen LogP contribution in [0.3, 0.4) is 0 Å². The lowest BCUT2D eigenvalue weighted by molar-refractivity contribution is -0.0151. The van der Waals surface area contributed by atoms with Crippen molar-refractivity contribution < 1.29 is 9.05 Å². The summed E-state index contributed by atoms with van der Waals surface area (Å²) < 4.78 is 12.2. The summed E-state index contributed by atoms with van der Waals surface area (Å²) in [4.78, 5) is 4.11. The number of pyridine rings is 1. The van der Waals surface area contributed by atoms with Crippen LogP contribution in [0, 0.1) is 5.41 Å². The fourth-order valence-electron chi connectivity index (χ4n) is 2.55. The van der Waals surface area contributed by atoms with Crippen molar-refractivity contribution in [2.75, 3.05) is 6.61 Å². The van der Waals surface area contributed by atoms with Crippen LogP contribution in [0.2, 0.25) is 0 Å². The molecule has 2 atom stereocenters. The minimum Gasteiger partial charge on any atom is -0.317 e. The second-order valence-corrected chi connectivity index (χ2v) is 9.57. The van der Waals surface area contributed by atoms with Crippen LogP contribution in [0.25, 0.3) is 0 Å². The summed E-state index contributed by atoms with van der Waals surface area (Å²) in [6.07, 6.45) is 3.49. The zero-order valence-corrected chi connectivity index (χ0v) is 15.0. The van der Waals surface area contributed by atoms with Gasteiger partial charge in [-0.05, 0) is 29.0 Å². The van der Waals surface area contributed by atoms with Gasteiger partial charge in [0.15, 0.2) is 0 Å². The number of nitrogens with zero attached hydrogens (tertiary/aromatic N) is 1. The molecule has 1 aliphatic rings. The van der Waals surface area contributed by atoms with Gasteiger partial charge in [-0.15, -0.1) is 0 Å². The third-order valence-corrected chi connectivity index (χ3v) is 6.33. The van der Waals surface area contributed by atoms with Crippen LogP contribution in [0.1, 0.15) is 31.1 Å². The van der Waals surface area contributed by atoms with Gasteiger partial charge in [-0.2, -0.15) is 0 Å². The molecule has 0 unspecified atom stereocenters. The van der Waals surface area contributed by atoms with Crippen LogP contribution in [-0.2, 0) is 27.4 Å². The predicted octanol–water partition coefficient (Wildman–Crippen LogP) is 4.21. The molecule has 2 aromatic rings. The first-order chi connectivity index (χ1) is 11.0. The molecule has 1 aliphatic heterocycles. The van der Waals surface area contributed by atoms with E-state index in [9.17, 15) is 0 Å². The van der Waals surface area contributed by atoms with Crippen molar-refractivity contribution in [1.29, 1.82) is 0 Å². The minimum absolute atomic E-state index is 0.0790. The third-order valence-electron chi connectivity index (χ3n) is 3.86. The van der Waals surface area contributed by atoms with Gasteiger partial charge in [0.25, 0.3) is 6.64 Å². The first-order valence-corrected chi connectivity index (χ1v) is 10.2. The van der Waals surface area contributed by atoms with E-state index in [1.165, 1.54) is 0 Å². The molecule has 0 amide bonds. The highest BCUT2D eigenvalue weighted by Gasteiger charge is 2.42. The third kappa shape index (κ3) is 4.06. The molecule has 23 heavy (non-hydrogen) atoms. The minimum atomic E-state index is -2.52. The second kappa shape index (κ2) is 6.80. The summed E-state index contributed by atoms with van der Waals surface area (Å²) in [5.74, 6) is 0. The predicted molar refractivity (Wildman–Crippen MR) is 95.4 cm³/mol. The lowest BCUT2D eigenvalue weighted by atomic mass is 9.83. The molecule has 0 saturated carbocycles. The standard InChI is InChI=1S/C17H21N2O2PS/c1-17(2)13-20-22(23,19-12-14-7-6-10-18-11-14)21-16(17)15-8-4-3-5-9-15/h3-11,16H,12-13H2,1-2H3,(H,19,23)/t16-,22-/m0/s1. The van der Waals surface area contributed by atoms with Crippen LogP contribution in [-0.4, -0.2) is 11.6 Å². The maximum Gasteiger partial charge on any atom is 0.262 e. The monoisotopic (exact) mass is 348 g/mol. The molecule has 3 rings (SSSR count). The SMILES string of the molecule is CC1(C)CO[P@@](=S)(NCc2cccnc2)O[C@H]1c1ccccc1. The summed E-state index contributed by atoms with van der Waals surface area (Å²) in [6, 6.07) is 14.1. The maximum absolute atomic E-state index is 6.27. The molecule has 0 spiro atoms. The molecule has 1 N–H and O–H groups in total. The van der Waals surface area contributed by atoms with Crippen molar-refractivity contribution >= 4 is 18.4 Å². The van der Waals surface area contributed by atoms with Crippen LogP contribution in [0.5, 0.6) is 0 Å². The highest BCUT2D eigenvalue weighted by Crippen LogP contribution is 2.58. The summed E-state index contributed by atoms with van der Waals surface area (Å²) >= 11 is 5.67. The molecule has 2 heterocycles.